The maximum atomic E-state index is 11.9. The molecule has 0 aliphatic carbocycles. The van der Waals surface area contributed by atoms with Crippen molar-refractivity contribution in [2.45, 2.75) is 6.61 Å². The fraction of sp³-hybridized carbons (Fsp3) is 0.0952. The van der Waals surface area contributed by atoms with Gasteiger partial charge in [-0.25, -0.2) is 0 Å². The Morgan fingerprint density at radius 3 is 2.36 bits per heavy atom. The highest BCUT2D eigenvalue weighted by Gasteiger charge is 2.16. The topological polar surface area (TPSA) is 61.6 Å². The molecule has 0 saturated heterocycles. The number of primary amides is 1. The minimum absolute atomic E-state index is 0.272. The Labute approximate surface area is 146 Å². The second-order valence-corrected chi connectivity index (χ2v) is 5.51. The van der Waals surface area contributed by atoms with Gasteiger partial charge in [-0.15, -0.1) is 0 Å². The molecule has 0 spiro atoms. The van der Waals surface area contributed by atoms with E-state index in [2.05, 4.69) is 0 Å². The van der Waals surface area contributed by atoms with Crippen molar-refractivity contribution in [2.24, 2.45) is 5.73 Å². The van der Waals surface area contributed by atoms with Crippen molar-refractivity contribution in [3.05, 3.63) is 83.9 Å². The molecule has 0 bridgehead atoms. The summed E-state index contributed by atoms with van der Waals surface area (Å²) in [4.78, 5) is 11.9. The van der Waals surface area contributed by atoms with Gasteiger partial charge >= 0.3 is 0 Å². The summed E-state index contributed by atoms with van der Waals surface area (Å²) >= 11 is 0. The zero-order valence-electron chi connectivity index (χ0n) is 13.9. The van der Waals surface area contributed by atoms with Gasteiger partial charge in [0, 0.05) is 11.1 Å². The molecular formula is C21H19NO3. The van der Waals surface area contributed by atoms with Gasteiger partial charge in [-0.05, 0) is 17.7 Å². The number of benzene rings is 3. The standard InChI is InChI=1S/C21H19NO3/c1-24-19-13-6-5-10-16(19)14-25-20-17(15-8-3-2-4-9-15)11-7-12-18(20)21(22)23/h2-13H,14H2,1H3,(H2,22,23). The van der Waals surface area contributed by atoms with Crippen molar-refractivity contribution in [3.63, 3.8) is 0 Å². The molecule has 0 radical (unpaired) electrons. The van der Waals surface area contributed by atoms with E-state index in [0.717, 1.165) is 22.4 Å². The first-order valence-electron chi connectivity index (χ1n) is 7.93. The van der Waals surface area contributed by atoms with Gasteiger partial charge in [0.25, 0.3) is 5.91 Å². The zero-order valence-corrected chi connectivity index (χ0v) is 13.9. The van der Waals surface area contributed by atoms with Crippen molar-refractivity contribution in [1.82, 2.24) is 0 Å². The molecule has 0 saturated carbocycles. The molecular weight excluding hydrogens is 314 g/mol. The summed E-state index contributed by atoms with van der Waals surface area (Å²) in [5, 5.41) is 0. The van der Waals surface area contributed by atoms with Crippen molar-refractivity contribution >= 4 is 5.91 Å². The summed E-state index contributed by atoms with van der Waals surface area (Å²) in [5.74, 6) is 0.695. The maximum Gasteiger partial charge on any atom is 0.252 e. The van der Waals surface area contributed by atoms with E-state index < -0.39 is 5.91 Å². The molecule has 0 aliphatic rings. The lowest BCUT2D eigenvalue weighted by Gasteiger charge is -2.16. The molecule has 0 unspecified atom stereocenters. The van der Waals surface area contributed by atoms with Crippen LogP contribution in [0.5, 0.6) is 11.5 Å². The molecule has 0 aliphatic heterocycles. The van der Waals surface area contributed by atoms with E-state index in [1.807, 2.05) is 60.7 Å². The summed E-state index contributed by atoms with van der Waals surface area (Å²) in [5.41, 5.74) is 8.58. The summed E-state index contributed by atoms with van der Waals surface area (Å²) in [7, 11) is 1.62. The third kappa shape index (κ3) is 3.63. The molecule has 0 fully saturated rings. The molecule has 3 aromatic carbocycles. The second-order valence-electron chi connectivity index (χ2n) is 5.51. The van der Waals surface area contributed by atoms with Gasteiger partial charge in [-0.2, -0.15) is 0 Å². The van der Waals surface area contributed by atoms with Gasteiger partial charge in [0.1, 0.15) is 18.1 Å². The van der Waals surface area contributed by atoms with Gasteiger partial charge in [-0.3, -0.25) is 4.79 Å². The van der Waals surface area contributed by atoms with E-state index in [4.69, 9.17) is 15.2 Å². The molecule has 3 aromatic rings. The number of carbonyl (C=O) groups is 1. The minimum atomic E-state index is -0.521. The van der Waals surface area contributed by atoms with Crippen molar-refractivity contribution in [2.75, 3.05) is 7.11 Å². The van der Waals surface area contributed by atoms with E-state index >= 15 is 0 Å². The molecule has 3 rings (SSSR count). The highest BCUT2D eigenvalue weighted by atomic mass is 16.5. The fourth-order valence-electron chi connectivity index (χ4n) is 2.70. The van der Waals surface area contributed by atoms with E-state index in [9.17, 15) is 4.79 Å². The Morgan fingerprint density at radius 1 is 0.920 bits per heavy atom. The molecule has 2 N–H and O–H groups in total. The zero-order chi connectivity index (χ0) is 17.6. The van der Waals surface area contributed by atoms with Crippen LogP contribution < -0.4 is 15.2 Å². The predicted molar refractivity (Wildman–Crippen MR) is 97.7 cm³/mol. The maximum absolute atomic E-state index is 11.9. The van der Waals surface area contributed by atoms with E-state index in [1.54, 1.807) is 19.2 Å². The van der Waals surface area contributed by atoms with Crippen LogP contribution in [0.15, 0.2) is 72.8 Å². The molecule has 25 heavy (non-hydrogen) atoms. The van der Waals surface area contributed by atoms with Crippen molar-refractivity contribution in [3.8, 4) is 22.6 Å². The number of hydrogen-bond donors (Lipinski definition) is 1. The van der Waals surface area contributed by atoms with Crippen LogP contribution in [0.1, 0.15) is 15.9 Å². The lowest BCUT2D eigenvalue weighted by Crippen LogP contribution is -2.13. The monoisotopic (exact) mass is 333 g/mol. The summed E-state index contributed by atoms with van der Waals surface area (Å²) in [6.07, 6.45) is 0. The highest BCUT2D eigenvalue weighted by molar-refractivity contribution is 5.98. The van der Waals surface area contributed by atoms with Crippen LogP contribution in [0.2, 0.25) is 0 Å². The molecule has 1 amide bonds. The third-order valence-corrected chi connectivity index (χ3v) is 3.93. The van der Waals surface area contributed by atoms with Crippen LogP contribution >= 0.6 is 0 Å². The number of carbonyl (C=O) groups excluding carboxylic acids is 1. The number of ether oxygens (including phenoxy) is 2. The average molecular weight is 333 g/mol. The third-order valence-electron chi connectivity index (χ3n) is 3.93. The molecule has 4 heteroatoms. The first kappa shape index (κ1) is 16.6. The normalized spacial score (nSPS) is 10.3. The van der Waals surface area contributed by atoms with Gasteiger partial charge < -0.3 is 15.2 Å². The minimum Gasteiger partial charge on any atom is -0.496 e. The number of rotatable bonds is 6. The molecule has 4 nitrogen and oxygen atoms in total. The SMILES string of the molecule is COc1ccccc1COc1c(C(N)=O)cccc1-c1ccccc1. The molecule has 126 valence electrons. The number of nitrogens with two attached hydrogens (primary N) is 1. The Kier molecular flexibility index (Phi) is 5.00. The first-order chi connectivity index (χ1) is 12.2. The van der Waals surface area contributed by atoms with E-state index in [0.29, 0.717) is 11.3 Å². The van der Waals surface area contributed by atoms with Crippen LogP contribution in [-0.4, -0.2) is 13.0 Å². The molecule has 0 heterocycles. The summed E-state index contributed by atoms with van der Waals surface area (Å²) < 4.78 is 11.4. The Morgan fingerprint density at radius 2 is 1.64 bits per heavy atom. The van der Waals surface area contributed by atoms with Gasteiger partial charge in [0.2, 0.25) is 0 Å². The number of methoxy groups -OCH3 is 1. The van der Waals surface area contributed by atoms with Gasteiger partial charge in [0.15, 0.2) is 0 Å². The van der Waals surface area contributed by atoms with Crippen molar-refractivity contribution in [1.29, 1.82) is 0 Å². The lowest BCUT2D eigenvalue weighted by atomic mass is 10.0. The van der Waals surface area contributed by atoms with Crippen molar-refractivity contribution < 1.29 is 14.3 Å². The summed E-state index contributed by atoms with van der Waals surface area (Å²) in [6.45, 7) is 0.272. The second kappa shape index (κ2) is 7.53. The summed E-state index contributed by atoms with van der Waals surface area (Å²) in [6, 6.07) is 22.8. The van der Waals surface area contributed by atoms with E-state index in [-0.39, 0.29) is 6.61 Å². The van der Waals surface area contributed by atoms with Gasteiger partial charge in [0.05, 0.1) is 12.7 Å². The highest BCUT2D eigenvalue weighted by Crippen LogP contribution is 2.34. The number of para-hydroxylation sites is 2. The van der Waals surface area contributed by atoms with Crippen LogP contribution in [0.4, 0.5) is 0 Å². The quantitative estimate of drug-likeness (QED) is 0.740. The predicted octanol–water partition coefficient (Wildman–Crippen LogP) is 4.04. The van der Waals surface area contributed by atoms with E-state index in [1.165, 1.54) is 0 Å². The fourth-order valence-corrected chi connectivity index (χ4v) is 2.70. The van der Waals surface area contributed by atoms with Crippen LogP contribution in [-0.2, 0) is 6.61 Å². The first-order valence-corrected chi connectivity index (χ1v) is 7.93. The smallest absolute Gasteiger partial charge is 0.252 e. The number of hydrogen-bond acceptors (Lipinski definition) is 3. The molecule has 0 aromatic heterocycles. The van der Waals surface area contributed by atoms with Crippen LogP contribution in [0, 0.1) is 0 Å². The Bertz CT molecular complexity index is 875. The van der Waals surface area contributed by atoms with Crippen LogP contribution in [0.25, 0.3) is 11.1 Å². The number of amides is 1. The van der Waals surface area contributed by atoms with Gasteiger partial charge in [-0.1, -0.05) is 60.7 Å². The largest absolute Gasteiger partial charge is 0.496 e. The lowest BCUT2D eigenvalue weighted by molar-refractivity contribution is 0.0996. The Hall–Kier alpha value is -3.27. The average Bonchev–Trinajstić information content (AvgIpc) is 2.66. The molecule has 0 atom stereocenters. The Balaban J connectivity index is 2.00. The van der Waals surface area contributed by atoms with Crippen LogP contribution in [0.3, 0.4) is 0 Å².